The Bertz CT molecular complexity index is 657. The van der Waals surface area contributed by atoms with Crippen LogP contribution in [0.25, 0.3) is 0 Å². The van der Waals surface area contributed by atoms with Gasteiger partial charge in [-0.25, -0.2) is 0 Å². The molecule has 0 aliphatic carbocycles. The summed E-state index contributed by atoms with van der Waals surface area (Å²) in [5.41, 5.74) is 2.66. The average molecular weight is 544 g/mol. The van der Waals surface area contributed by atoms with E-state index in [0.29, 0.717) is 6.04 Å². The van der Waals surface area contributed by atoms with Gasteiger partial charge in [0, 0.05) is 38.8 Å². The van der Waals surface area contributed by atoms with Gasteiger partial charge in [-0.05, 0) is 45.2 Å². The molecule has 2 heterocycles. The van der Waals surface area contributed by atoms with Gasteiger partial charge in [0.15, 0.2) is 5.96 Å². The molecule has 176 valence electrons. The summed E-state index contributed by atoms with van der Waals surface area (Å²) in [6.45, 7) is 15.3. The lowest BCUT2D eigenvalue weighted by atomic mass is 10.0. The van der Waals surface area contributed by atoms with Gasteiger partial charge < -0.3 is 20.3 Å². The van der Waals surface area contributed by atoms with E-state index < -0.39 is 0 Å². The van der Waals surface area contributed by atoms with E-state index in [2.05, 4.69) is 65.5 Å². The number of ether oxygens (including phenoxy) is 1. The number of rotatable bonds is 8. The molecule has 31 heavy (non-hydrogen) atoms. The summed E-state index contributed by atoms with van der Waals surface area (Å²) in [5.74, 6) is 0.956. The number of halogens is 1. The molecule has 0 radical (unpaired) electrons. The molecule has 1 aromatic carbocycles. The topological polar surface area (TPSA) is 52.1 Å². The zero-order valence-electron chi connectivity index (χ0n) is 19.6. The Kier molecular flexibility index (Phi) is 12.1. The molecule has 6 nitrogen and oxygen atoms in total. The summed E-state index contributed by atoms with van der Waals surface area (Å²) in [6.07, 6.45) is 3.62. The van der Waals surface area contributed by atoms with Gasteiger partial charge in [0.25, 0.3) is 0 Å². The monoisotopic (exact) mass is 543 g/mol. The predicted octanol–water partition coefficient (Wildman–Crippen LogP) is 3.42. The second-order valence-corrected chi connectivity index (χ2v) is 8.56. The van der Waals surface area contributed by atoms with Crippen molar-refractivity contribution in [2.24, 2.45) is 4.99 Å². The fourth-order valence-corrected chi connectivity index (χ4v) is 4.51. The second-order valence-electron chi connectivity index (χ2n) is 8.56. The number of likely N-dealkylation sites (tertiary alicyclic amines) is 1. The standard InChI is InChI=1S/C24H41N5O.HI/c1-4-11-28-12-9-22(10-13-28)27-24(25-5-2)26-19-23(29-14-16-30-17-15-29)21-8-6-7-20(3)18-21;/h6-8,18,22-23H,4-5,9-17,19H2,1-3H3,(H2,25,26,27);1H. The first kappa shape index (κ1) is 26.4. The van der Waals surface area contributed by atoms with Crippen LogP contribution in [0.2, 0.25) is 0 Å². The predicted molar refractivity (Wildman–Crippen MR) is 141 cm³/mol. The molecule has 7 heteroatoms. The van der Waals surface area contributed by atoms with Crippen LogP contribution in [0.15, 0.2) is 29.3 Å². The molecule has 1 aromatic rings. The van der Waals surface area contributed by atoms with E-state index in [9.17, 15) is 0 Å². The Morgan fingerprint density at radius 1 is 1.16 bits per heavy atom. The summed E-state index contributed by atoms with van der Waals surface area (Å²) in [7, 11) is 0. The van der Waals surface area contributed by atoms with Gasteiger partial charge in [-0.15, -0.1) is 24.0 Å². The number of piperidine rings is 1. The number of aryl methyl sites for hydroxylation is 1. The molecule has 0 bridgehead atoms. The van der Waals surface area contributed by atoms with Crippen LogP contribution in [0, 0.1) is 6.92 Å². The van der Waals surface area contributed by atoms with E-state index >= 15 is 0 Å². The fourth-order valence-electron chi connectivity index (χ4n) is 4.51. The van der Waals surface area contributed by atoms with Gasteiger partial charge >= 0.3 is 0 Å². The molecule has 0 aromatic heterocycles. The molecule has 2 saturated heterocycles. The summed E-state index contributed by atoms with van der Waals surface area (Å²) in [5, 5.41) is 7.18. The van der Waals surface area contributed by atoms with Crippen molar-refractivity contribution in [3.8, 4) is 0 Å². The molecule has 2 N–H and O–H groups in total. The Labute approximate surface area is 206 Å². The van der Waals surface area contributed by atoms with Crippen LogP contribution in [0.5, 0.6) is 0 Å². The van der Waals surface area contributed by atoms with Gasteiger partial charge in [0.1, 0.15) is 0 Å². The largest absolute Gasteiger partial charge is 0.379 e. The lowest BCUT2D eigenvalue weighted by Crippen LogP contribution is -2.49. The zero-order valence-corrected chi connectivity index (χ0v) is 21.9. The van der Waals surface area contributed by atoms with Crippen molar-refractivity contribution in [3.63, 3.8) is 0 Å². The van der Waals surface area contributed by atoms with Crippen molar-refractivity contribution in [1.29, 1.82) is 0 Å². The number of aliphatic imine (C=N–C) groups is 1. The van der Waals surface area contributed by atoms with Crippen LogP contribution >= 0.6 is 24.0 Å². The molecular formula is C24H42IN5O. The summed E-state index contributed by atoms with van der Waals surface area (Å²) in [6, 6.07) is 9.67. The molecule has 3 rings (SSSR count). The quantitative estimate of drug-likeness (QED) is 0.299. The van der Waals surface area contributed by atoms with E-state index in [-0.39, 0.29) is 30.0 Å². The summed E-state index contributed by atoms with van der Waals surface area (Å²) >= 11 is 0. The van der Waals surface area contributed by atoms with Crippen molar-refractivity contribution in [2.75, 3.05) is 59.0 Å². The van der Waals surface area contributed by atoms with Crippen molar-refractivity contribution < 1.29 is 4.74 Å². The van der Waals surface area contributed by atoms with Crippen LogP contribution in [-0.2, 0) is 4.74 Å². The minimum absolute atomic E-state index is 0. The highest BCUT2D eigenvalue weighted by Gasteiger charge is 2.23. The van der Waals surface area contributed by atoms with Gasteiger partial charge in [-0.3, -0.25) is 9.89 Å². The molecule has 0 saturated carbocycles. The minimum atomic E-state index is 0. The van der Waals surface area contributed by atoms with Crippen LogP contribution in [0.3, 0.4) is 0 Å². The maximum Gasteiger partial charge on any atom is 0.191 e. The summed E-state index contributed by atoms with van der Waals surface area (Å²) < 4.78 is 5.59. The van der Waals surface area contributed by atoms with E-state index in [0.717, 1.165) is 45.4 Å². The third-order valence-electron chi connectivity index (χ3n) is 6.15. The number of guanidine groups is 1. The van der Waals surface area contributed by atoms with Crippen LogP contribution in [0.4, 0.5) is 0 Å². The van der Waals surface area contributed by atoms with Crippen molar-refractivity contribution in [3.05, 3.63) is 35.4 Å². The zero-order chi connectivity index (χ0) is 21.2. The maximum absolute atomic E-state index is 5.59. The number of benzene rings is 1. The van der Waals surface area contributed by atoms with Gasteiger partial charge in [0.2, 0.25) is 0 Å². The highest BCUT2D eigenvalue weighted by molar-refractivity contribution is 14.0. The van der Waals surface area contributed by atoms with Crippen LogP contribution in [-0.4, -0.2) is 80.8 Å². The molecular weight excluding hydrogens is 501 g/mol. The van der Waals surface area contributed by atoms with Gasteiger partial charge in [-0.2, -0.15) is 0 Å². The SMILES string of the molecule is CCCN1CCC(NC(=NCC(c2cccc(C)c2)N2CCOCC2)NCC)CC1.I. The molecule has 1 unspecified atom stereocenters. The van der Waals surface area contributed by atoms with E-state index in [4.69, 9.17) is 9.73 Å². The molecule has 2 fully saturated rings. The molecule has 2 aliphatic rings. The third kappa shape index (κ3) is 8.51. The highest BCUT2D eigenvalue weighted by Crippen LogP contribution is 2.23. The second kappa shape index (κ2) is 14.3. The molecule has 1 atom stereocenters. The number of hydrogen-bond acceptors (Lipinski definition) is 4. The van der Waals surface area contributed by atoms with Crippen LogP contribution < -0.4 is 10.6 Å². The molecule has 2 aliphatic heterocycles. The summed E-state index contributed by atoms with van der Waals surface area (Å²) in [4.78, 5) is 10.1. The van der Waals surface area contributed by atoms with Crippen molar-refractivity contribution in [2.45, 2.75) is 52.1 Å². The van der Waals surface area contributed by atoms with E-state index in [1.807, 2.05) is 0 Å². The third-order valence-corrected chi connectivity index (χ3v) is 6.15. The van der Waals surface area contributed by atoms with Crippen molar-refractivity contribution >= 4 is 29.9 Å². The normalized spacial score (nSPS) is 20.2. The lowest BCUT2D eigenvalue weighted by Gasteiger charge is -2.35. The average Bonchev–Trinajstić information content (AvgIpc) is 2.76. The van der Waals surface area contributed by atoms with Crippen molar-refractivity contribution in [1.82, 2.24) is 20.4 Å². The first-order chi connectivity index (χ1) is 14.7. The maximum atomic E-state index is 5.59. The minimum Gasteiger partial charge on any atom is -0.379 e. The van der Waals surface area contributed by atoms with Gasteiger partial charge in [0.05, 0.1) is 25.8 Å². The van der Waals surface area contributed by atoms with Gasteiger partial charge in [-0.1, -0.05) is 36.8 Å². The van der Waals surface area contributed by atoms with E-state index in [1.54, 1.807) is 0 Å². The Balaban J connectivity index is 0.00000341. The molecule has 0 amide bonds. The lowest BCUT2D eigenvalue weighted by molar-refractivity contribution is 0.0179. The number of morpholine rings is 1. The Morgan fingerprint density at radius 3 is 2.55 bits per heavy atom. The Morgan fingerprint density at radius 2 is 1.90 bits per heavy atom. The smallest absolute Gasteiger partial charge is 0.191 e. The molecule has 0 spiro atoms. The fraction of sp³-hybridized carbons (Fsp3) is 0.708. The Hall–Kier alpha value is -0.900. The number of nitrogens with zero attached hydrogens (tertiary/aromatic N) is 3. The number of nitrogens with one attached hydrogen (secondary N) is 2. The van der Waals surface area contributed by atoms with Crippen LogP contribution in [0.1, 0.15) is 50.3 Å². The highest BCUT2D eigenvalue weighted by atomic mass is 127. The number of hydrogen-bond donors (Lipinski definition) is 2. The first-order valence-electron chi connectivity index (χ1n) is 11.8. The first-order valence-corrected chi connectivity index (χ1v) is 11.8. The van der Waals surface area contributed by atoms with E-state index in [1.165, 1.54) is 50.0 Å².